The highest BCUT2D eigenvalue weighted by molar-refractivity contribution is 5.29. The molecule has 1 fully saturated rings. The number of benzene rings is 1. The van der Waals surface area contributed by atoms with Gasteiger partial charge in [-0.15, -0.1) is 0 Å². The van der Waals surface area contributed by atoms with E-state index in [2.05, 4.69) is 60.0 Å². The van der Waals surface area contributed by atoms with E-state index in [-0.39, 0.29) is 0 Å². The zero-order valence-corrected chi connectivity index (χ0v) is 14.6. The standard InChI is InChI=1S/C20H29N3/c1-15-8-10-17(11-9-15)20(18-7-5-4-6-16(18)2)22-14-19-21-12-13-23(19)3/h4-7,12-13,15,17,20,22H,8-11,14H2,1-3H3/t15?,17?,20-/m1/s1. The van der Waals surface area contributed by atoms with E-state index in [0.717, 1.165) is 24.2 Å². The molecule has 3 nitrogen and oxygen atoms in total. The number of aryl methyl sites for hydroxylation is 2. The Balaban J connectivity index is 1.78. The molecule has 0 unspecified atom stereocenters. The van der Waals surface area contributed by atoms with Gasteiger partial charge in [0, 0.05) is 25.5 Å². The normalized spacial score (nSPS) is 22.9. The van der Waals surface area contributed by atoms with Gasteiger partial charge in [-0.1, -0.05) is 44.0 Å². The summed E-state index contributed by atoms with van der Waals surface area (Å²) in [6, 6.07) is 9.26. The molecule has 124 valence electrons. The van der Waals surface area contributed by atoms with Crippen molar-refractivity contribution in [2.45, 2.75) is 52.1 Å². The van der Waals surface area contributed by atoms with Crippen LogP contribution in [0.4, 0.5) is 0 Å². The number of nitrogens with one attached hydrogen (secondary N) is 1. The van der Waals surface area contributed by atoms with Gasteiger partial charge in [0.25, 0.3) is 0 Å². The smallest absolute Gasteiger partial charge is 0.122 e. The van der Waals surface area contributed by atoms with Crippen molar-refractivity contribution in [1.82, 2.24) is 14.9 Å². The third kappa shape index (κ3) is 3.84. The van der Waals surface area contributed by atoms with E-state index in [1.54, 1.807) is 0 Å². The van der Waals surface area contributed by atoms with Crippen LogP contribution in [0.3, 0.4) is 0 Å². The molecule has 3 heteroatoms. The molecule has 0 amide bonds. The van der Waals surface area contributed by atoms with Gasteiger partial charge < -0.3 is 9.88 Å². The Morgan fingerprint density at radius 3 is 2.61 bits per heavy atom. The summed E-state index contributed by atoms with van der Waals surface area (Å²) in [6.45, 7) is 5.45. The third-order valence-electron chi connectivity index (χ3n) is 5.46. The SMILES string of the molecule is Cc1ccccc1[C@H](NCc1nccn1C)C1CCC(C)CC1. The Morgan fingerprint density at radius 2 is 1.96 bits per heavy atom. The topological polar surface area (TPSA) is 29.9 Å². The van der Waals surface area contributed by atoms with E-state index in [4.69, 9.17) is 0 Å². The summed E-state index contributed by atoms with van der Waals surface area (Å²) >= 11 is 0. The van der Waals surface area contributed by atoms with Crippen molar-refractivity contribution < 1.29 is 0 Å². The second-order valence-electron chi connectivity index (χ2n) is 7.19. The maximum atomic E-state index is 4.46. The lowest BCUT2D eigenvalue weighted by atomic mass is 9.76. The van der Waals surface area contributed by atoms with E-state index in [9.17, 15) is 0 Å². The molecule has 0 saturated heterocycles. The summed E-state index contributed by atoms with van der Waals surface area (Å²) in [5.74, 6) is 2.72. The van der Waals surface area contributed by atoms with Crippen LogP contribution in [0, 0.1) is 18.8 Å². The van der Waals surface area contributed by atoms with Gasteiger partial charge >= 0.3 is 0 Å². The van der Waals surface area contributed by atoms with Crippen molar-refractivity contribution in [2.24, 2.45) is 18.9 Å². The zero-order chi connectivity index (χ0) is 16.2. The fourth-order valence-electron chi connectivity index (χ4n) is 3.85. The summed E-state index contributed by atoms with van der Waals surface area (Å²) in [5.41, 5.74) is 2.85. The van der Waals surface area contributed by atoms with Gasteiger partial charge in [-0.05, 0) is 42.7 Å². The molecule has 0 radical (unpaired) electrons. The van der Waals surface area contributed by atoms with Crippen molar-refractivity contribution in [3.63, 3.8) is 0 Å². The maximum Gasteiger partial charge on any atom is 0.122 e. The summed E-state index contributed by atoms with van der Waals surface area (Å²) in [5, 5.41) is 3.82. The fourth-order valence-corrected chi connectivity index (χ4v) is 3.85. The Kier molecular flexibility index (Phi) is 5.16. The average Bonchev–Trinajstić information content (AvgIpc) is 2.96. The summed E-state index contributed by atoms with van der Waals surface area (Å²) in [6.07, 6.45) is 9.26. The molecule has 1 aliphatic carbocycles. The number of rotatable bonds is 5. The van der Waals surface area contributed by atoms with E-state index < -0.39 is 0 Å². The van der Waals surface area contributed by atoms with Crippen LogP contribution in [0.25, 0.3) is 0 Å². The van der Waals surface area contributed by atoms with Crippen LogP contribution >= 0.6 is 0 Å². The van der Waals surface area contributed by atoms with Crippen molar-refractivity contribution in [2.75, 3.05) is 0 Å². The summed E-state index contributed by atoms with van der Waals surface area (Å²) in [4.78, 5) is 4.46. The minimum atomic E-state index is 0.431. The highest BCUT2D eigenvalue weighted by Crippen LogP contribution is 2.37. The van der Waals surface area contributed by atoms with Crippen molar-refractivity contribution >= 4 is 0 Å². The molecule has 1 aromatic heterocycles. The minimum Gasteiger partial charge on any atom is -0.337 e. The van der Waals surface area contributed by atoms with Gasteiger partial charge in [0.1, 0.15) is 5.82 Å². The van der Waals surface area contributed by atoms with Gasteiger partial charge in [-0.2, -0.15) is 0 Å². The second-order valence-corrected chi connectivity index (χ2v) is 7.19. The lowest BCUT2D eigenvalue weighted by Crippen LogP contribution is -2.31. The first-order valence-corrected chi connectivity index (χ1v) is 8.90. The van der Waals surface area contributed by atoms with Gasteiger partial charge in [0.15, 0.2) is 0 Å². The van der Waals surface area contributed by atoms with Gasteiger partial charge in [-0.3, -0.25) is 0 Å². The van der Waals surface area contributed by atoms with E-state index in [0.29, 0.717) is 6.04 Å². The molecule has 1 heterocycles. The van der Waals surface area contributed by atoms with Crippen LogP contribution in [0.5, 0.6) is 0 Å². The number of nitrogens with zero attached hydrogens (tertiary/aromatic N) is 2. The Labute approximate surface area is 140 Å². The highest BCUT2D eigenvalue weighted by Gasteiger charge is 2.28. The Hall–Kier alpha value is -1.61. The summed E-state index contributed by atoms with van der Waals surface area (Å²) < 4.78 is 2.10. The molecule has 1 saturated carbocycles. The molecule has 1 N–H and O–H groups in total. The number of hydrogen-bond acceptors (Lipinski definition) is 2. The van der Waals surface area contributed by atoms with Crippen molar-refractivity contribution in [1.29, 1.82) is 0 Å². The van der Waals surface area contributed by atoms with Gasteiger partial charge in [0.2, 0.25) is 0 Å². The third-order valence-corrected chi connectivity index (χ3v) is 5.46. The molecule has 0 aliphatic heterocycles. The lowest BCUT2D eigenvalue weighted by Gasteiger charge is -2.34. The van der Waals surface area contributed by atoms with Crippen LogP contribution in [0.1, 0.15) is 55.6 Å². The second kappa shape index (κ2) is 7.31. The molecule has 1 atom stereocenters. The van der Waals surface area contributed by atoms with E-state index in [1.807, 2.05) is 12.4 Å². The molecular weight excluding hydrogens is 282 g/mol. The molecule has 23 heavy (non-hydrogen) atoms. The first-order chi connectivity index (χ1) is 11.1. The van der Waals surface area contributed by atoms with Crippen LogP contribution in [0.15, 0.2) is 36.7 Å². The van der Waals surface area contributed by atoms with Crippen LogP contribution < -0.4 is 5.32 Å². The quantitative estimate of drug-likeness (QED) is 0.887. The van der Waals surface area contributed by atoms with Crippen LogP contribution in [-0.2, 0) is 13.6 Å². The molecular formula is C20H29N3. The maximum absolute atomic E-state index is 4.46. The highest BCUT2D eigenvalue weighted by atomic mass is 15.1. The molecule has 1 aromatic carbocycles. The number of aromatic nitrogens is 2. The van der Waals surface area contributed by atoms with Crippen LogP contribution in [0.2, 0.25) is 0 Å². The summed E-state index contributed by atoms with van der Waals surface area (Å²) in [7, 11) is 2.06. The Morgan fingerprint density at radius 1 is 1.22 bits per heavy atom. The van der Waals surface area contributed by atoms with Gasteiger partial charge in [-0.25, -0.2) is 4.98 Å². The molecule has 1 aliphatic rings. The first kappa shape index (κ1) is 16.3. The molecule has 0 spiro atoms. The largest absolute Gasteiger partial charge is 0.337 e. The van der Waals surface area contributed by atoms with Crippen LogP contribution in [-0.4, -0.2) is 9.55 Å². The van der Waals surface area contributed by atoms with E-state index in [1.165, 1.54) is 36.8 Å². The van der Waals surface area contributed by atoms with E-state index >= 15 is 0 Å². The average molecular weight is 311 g/mol. The number of imidazole rings is 1. The van der Waals surface area contributed by atoms with Crippen molar-refractivity contribution in [3.05, 3.63) is 53.6 Å². The zero-order valence-electron chi connectivity index (χ0n) is 14.6. The molecule has 2 aromatic rings. The van der Waals surface area contributed by atoms with Gasteiger partial charge in [0.05, 0.1) is 6.54 Å². The fraction of sp³-hybridized carbons (Fsp3) is 0.550. The molecule has 3 rings (SSSR count). The van der Waals surface area contributed by atoms with Crippen molar-refractivity contribution in [3.8, 4) is 0 Å². The monoisotopic (exact) mass is 311 g/mol. The number of hydrogen-bond donors (Lipinski definition) is 1. The lowest BCUT2D eigenvalue weighted by molar-refractivity contribution is 0.229. The first-order valence-electron chi connectivity index (χ1n) is 8.90. The molecule has 0 bridgehead atoms. The minimum absolute atomic E-state index is 0.431. The predicted octanol–water partition coefficient (Wildman–Crippen LogP) is 4.39. The predicted molar refractivity (Wildman–Crippen MR) is 95.1 cm³/mol. The Bertz CT molecular complexity index is 623.